The normalized spacial score (nSPS) is 12.3. The maximum Gasteiger partial charge on any atom is 0.135 e. The number of aromatic amines is 1. The van der Waals surface area contributed by atoms with E-state index in [1.807, 2.05) is 49.0 Å². The van der Waals surface area contributed by atoms with Crippen molar-refractivity contribution in [1.29, 1.82) is 0 Å². The van der Waals surface area contributed by atoms with Crippen molar-refractivity contribution in [2.24, 2.45) is 5.41 Å². The quantitative estimate of drug-likeness (QED) is 0.531. The van der Waals surface area contributed by atoms with Gasteiger partial charge in [0.05, 0.1) is 16.6 Å². The molecule has 0 amide bonds. The second-order valence-electron chi connectivity index (χ2n) is 7.10. The summed E-state index contributed by atoms with van der Waals surface area (Å²) in [6, 6.07) is 7.89. The number of nitrogens with zero attached hydrogens (tertiary/aromatic N) is 4. The van der Waals surface area contributed by atoms with Gasteiger partial charge in [-0.25, -0.2) is 4.98 Å². The Morgan fingerprint density at radius 2 is 2.08 bits per heavy atom. The average molecular weight is 336 g/mol. The van der Waals surface area contributed by atoms with E-state index in [9.17, 15) is 5.11 Å². The Morgan fingerprint density at radius 3 is 2.80 bits per heavy atom. The molecule has 0 atom stereocenters. The maximum atomic E-state index is 9.49. The molecule has 3 heterocycles. The van der Waals surface area contributed by atoms with E-state index < -0.39 is 0 Å². The number of benzene rings is 1. The van der Waals surface area contributed by atoms with Crippen molar-refractivity contribution >= 4 is 27.6 Å². The lowest BCUT2D eigenvalue weighted by Gasteiger charge is -2.20. The molecule has 4 N–H and O–H groups in total. The van der Waals surface area contributed by atoms with Gasteiger partial charge >= 0.3 is 0 Å². The van der Waals surface area contributed by atoms with Crippen molar-refractivity contribution < 1.29 is 5.11 Å². The summed E-state index contributed by atoms with van der Waals surface area (Å²) in [4.78, 5) is 4.54. The summed E-state index contributed by atoms with van der Waals surface area (Å²) < 4.78 is 1.83. The lowest BCUT2D eigenvalue weighted by Crippen LogP contribution is -2.23. The van der Waals surface area contributed by atoms with Crippen LogP contribution in [0.25, 0.3) is 33.1 Å². The second kappa shape index (κ2) is 5.56. The number of nitrogen functional groups attached to an aromatic ring is 1. The topological polar surface area (TPSA) is 106 Å². The van der Waals surface area contributed by atoms with Crippen LogP contribution in [0.1, 0.15) is 13.8 Å². The first-order valence-corrected chi connectivity index (χ1v) is 8.14. The van der Waals surface area contributed by atoms with Crippen molar-refractivity contribution in [1.82, 2.24) is 25.0 Å². The Labute approximate surface area is 144 Å². The van der Waals surface area contributed by atoms with Crippen LogP contribution < -0.4 is 5.73 Å². The highest BCUT2D eigenvalue weighted by atomic mass is 16.3. The standard InChI is InChI=1S/C18H20N6O/c1-18(2,10-25)9-24-8-13-16(23-24)12-4-3-11(14-5-6-20-22-14)7-15(12)21-17(13)19/h3-8,25H,9-10H2,1-2H3,(H2,19,21)(H,20,22). The smallest absolute Gasteiger partial charge is 0.135 e. The van der Waals surface area contributed by atoms with Crippen molar-refractivity contribution in [3.05, 3.63) is 36.7 Å². The number of anilines is 1. The molecule has 0 aliphatic carbocycles. The molecular weight excluding hydrogens is 316 g/mol. The van der Waals surface area contributed by atoms with E-state index in [-0.39, 0.29) is 12.0 Å². The zero-order valence-corrected chi connectivity index (χ0v) is 14.2. The minimum atomic E-state index is -0.257. The lowest BCUT2D eigenvalue weighted by molar-refractivity contribution is 0.137. The predicted octanol–water partition coefficient (Wildman–Crippen LogP) is 2.58. The highest BCUT2D eigenvalue weighted by Crippen LogP contribution is 2.30. The van der Waals surface area contributed by atoms with Crippen LogP contribution in [0, 0.1) is 5.41 Å². The molecule has 0 fully saturated rings. The highest BCUT2D eigenvalue weighted by molar-refractivity contribution is 6.08. The number of nitrogens with two attached hydrogens (primary N) is 1. The van der Waals surface area contributed by atoms with Gasteiger partial charge in [0.1, 0.15) is 11.3 Å². The lowest BCUT2D eigenvalue weighted by atomic mass is 9.95. The van der Waals surface area contributed by atoms with E-state index in [2.05, 4.69) is 15.2 Å². The predicted molar refractivity (Wildman–Crippen MR) is 97.9 cm³/mol. The van der Waals surface area contributed by atoms with Crippen molar-refractivity contribution in [2.75, 3.05) is 12.3 Å². The summed E-state index contributed by atoms with van der Waals surface area (Å²) in [7, 11) is 0. The van der Waals surface area contributed by atoms with Gasteiger partial charge in [-0.05, 0) is 18.2 Å². The summed E-state index contributed by atoms with van der Waals surface area (Å²) in [5.74, 6) is 0.453. The molecule has 0 unspecified atom stereocenters. The SMILES string of the molecule is CC(C)(CO)Cn1cc2c(N)nc3cc(-c4cc[nH]n4)ccc3c2n1. The third-order valence-electron chi connectivity index (χ3n) is 4.35. The molecule has 4 rings (SSSR count). The van der Waals surface area contributed by atoms with Gasteiger partial charge in [0.2, 0.25) is 0 Å². The monoisotopic (exact) mass is 336 g/mol. The first kappa shape index (κ1) is 15.6. The largest absolute Gasteiger partial charge is 0.396 e. The molecule has 7 heteroatoms. The van der Waals surface area contributed by atoms with Gasteiger partial charge in [-0.1, -0.05) is 19.9 Å². The van der Waals surface area contributed by atoms with Crippen LogP contribution in [0.3, 0.4) is 0 Å². The highest BCUT2D eigenvalue weighted by Gasteiger charge is 2.19. The van der Waals surface area contributed by atoms with E-state index in [0.29, 0.717) is 12.4 Å². The van der Waals surface area contributed by atoms with Gasteiger partial charge in [0.15, 0.2) is 0 Å². The molecule has 0 aliphatic rings. The summed E-state index contributed by atoms with van der Waals surface area (Å²) in [5, 5.41) is 23.0. The van der Waals surface area contributed by atoms with Crippen LogP contribution in [0.5, 0.6) is 0 Å². The molecule has 0 radical (unpaired) electrons. The number of pyridine rings is 1. The Kier molecular flexibility index (Phi) is 3.47. The van der Waals surface area contributed by atoms with Gasteiger partial charge in [-0.3, -0.25) is 9.78 Å². The summed E-state index contributed by atoms with van der Waals surface area (Å²) >= 11 is 0. The first-order valence-electron chi connectivity index (χ1n) is 8.14. The molecule has 0 saturated carbocycles. The number of aromatic nitrogens is 5. The van der Waals surface area contributed by atoms with Crippen molar-refractivity contribution in [3.8, 4) is 11.3 Å². The Bertz CT molecular complexity index is 1050. The van der Waals surface area contributed by atoms with E-state index in [0.717, 1.165) is 33.1 Å². The van der Waals surface area contributed by atoms with Gasteiger partial charge in [-0.2, -0.15) is 10.2 Å². The molecule has 3 aromatic heterocycles. The van der Waals surface area contributed by atoms with E-state index >= 15 is 0 Å². The zero-order chi connectivity index (χ0) is 17.6. The fourth-order valence-electron chi connectivity index (χ4n) is 2.97. The van der Waals surface area contributed by atoms with Crippen LogP contribution in [-0.4, -0.2) is 36.7 Å². The number of nitrogens with one attached hydrogen (secondary N) is 1. The molecule has 25 heavy (non-hydrogen) atoms. The minimum Gasteiger partial charge on any atom is -0.396 e. The van der Waals surface area contributed by atoms with Crippen LogP contribution in [0.15, 0.2) is 36.7 Å². The molecule has 128 valence electrons. The van der Waals surface area contributed by atoms with Crippen LogP contribution >= 0.6 is 0 Å². The minimum absolute atomic E-state index is 0.0880. The second-order valence-corrected chi connectivity index (χ2v) is 7.10. The number of fused-ring (bicyclic) bond motifs is 3. The molecule has 0 aliphatic heterocycles. The van der Waals surface area contributed by atoms with Gasteiger partial charge in [-0.15, -0.1) is 0 Å². The fraction of sp³-hybridized carbons (Fsp3) is 0.278. The van der Waals surface area contributed by atoms with Gasteiger partial charge in [0.25, 0.3) is 0 Å². The third-order valence-corrected chi connectivity index (χ3v) is 4.35. The molecule has 4 aromatic rings. The Balaban J connectivity index is 1.87. The number of hydrogen-bond donors (Lipinski definition) is 3. The maximum absolute atomic E-state index is 9.49. The fourth-order valence-corrected chi connectivity index (χ4v) is 2.97. The van der Waals surface area contributed by atoms with Crippen molar-refractivity contribution in [2.45, 2.75) is 20.4 Å². The van der Waals surface area contributed by atoms with E-state index in [1.165, 1.54) is 0 Å². The molecule has 0 bridgehead atoms. The van der Waals surface area contributed by atoms with Crippen LogP contribution in [-0.2, 0) is 6.54 Å². The molecular formula is C18H20N6O. The summed E-state index contributed by atoms with van der Waals surface area (Å²) in [5.41, 5.74) is 9.35. The zero-order valence-electron chi connectivity index (χ0n) is 14.2. The average Bonchev–Trinajstić information content (AvgIpc) is 3.24. The van der Waals surface area contributed by atoms with Crippen LogP contribution in [0.2, 0.25) is 0 Å². The number of rotatable bonds is 4. The van der Waals surface area contributed by atoms with Gasteiger partial charge < -0.3 is 10.8 Å². The van der Waals surface area contributed by atoms with Gasteiger partial charge in [0, 0.05) is 41.9 Å². The summed E-state index contributed by atoms with van der Waals surface area (Å²) in [6.07, 6.45) is 3.69. The van der Waals surface area contributed by atoms with Crippen molar-refractivity contribution in [3.63, 3.8) is 0 Å². The number of hydrogen-bond acceptors (Lipinski definition) is 5. The Hall–Kier alpha value is -2.93. The third kappa shape index (κ3) is 2.72. The first-order chi connectivity index (χ1) is 12.0. The number of H-pyrrole nitrogens is 1. The number of aliphatic hydroxyl groups excluding tert-OH is 1. The molecule has 0 spiro atoms. The molecule has 1 aromatic carbocycles. The molecule has 0 saturated heterocycles. The summed E-state index contributed by atoms with van der Waals surface area (Å²) in [6.45, 7) is 4.68. The Morgan fingerprint density at radius 1 is 1.24 bits per heavy atom. The van der Waals surface area contributed by atoms with Crippen LogP contribution in [0.4, 0.5) is 5.82 Å². The number of aliphatic hydroxyl groups is 1. The van der Waals surface area contributed by atoms with E-state index in [4.69, 9.17) is 10.8 Å². The molecule has 7 nitrogen and oxygen atoms in total. The van der Waals surface area contributed by atoms with E-state index in [1.54, 1.807) is 6.20 Å².